The van der Waals surface area contributed by atoms with Gasteiger partial charge in [0.2, 0.25) is 0 Å². The number of quaternary nitrogens is 1. The van der Waals surface area contributed by atoms with Gasteiger partial charge in [0.05, 0.1) is 34.4 Å². The van der Waals surface area contributed by atoms with E-state index in [9.17, 15) is 14.3 Å². The van der Waals surface area contributed by atoms with E-state index in [1.54, 1.807) is 0 Å². The van der Waals surface area contributed by atoms with Gasteiger partial charge >= 0.3 is 5.97 Å². The van der Waals surface area contributed by atoms with E-state index in [0.29, 0.717) is 24.1 Å². The monoisotopic (exact) mass is 858 g/mol. The summed E-state index contributed by atoms with van der Waals surface area (Å²) in [6.45, 7) is 5.46. The number of carbonyl (C=O) groups is 1. The van der Waals surface area contributed by atoms with Crippen molar-refractivity contribution in [3.8, 4) is 0 Å². The van der Waals surface area contributed by atoms with Crippen LogP contribution >= 0.6 is 7.82 Å². The molecule has 0 N–H and O–H groups in total. The van der Waals surface area contributed by atoms with Crippen LogP contribution in [0.15, 0.2) is 12.2 Å². The highest BCUT2D eigenvalue weighted by molar-refractivity contribution is 7.45. The van der Waals surface area contributed by atoms with Gasteiger partial charge in [0.1, 0.15) is 19.3 Å². The average Bonchev–Trinajstić information content (AvgIpc) is 3.19. The van der Waals surface area contributed by atoms with Crippen molar-refractivity contribution < 1.29 is 37.3 Å². The van der Waals surface area contributed by atoms with Crippen molar-refractivity contribution in [1.82, 2.24) is 0 Å². The molecule has 0 aliphatic rings. The molecule has 0 saturated carbocycles. The maximum atomic E-state index is 12.7. The number of phosphoric acid groups is 1. The van der Waals surface area contributed by atoms with E-state index in [1.165, 1.54) is 193 Å². The zero-order valence-electron chi connectivity index (χ0n) is 40.0. The number of carbonyl (C=O) groups excluding carboxylic acids is 1. The van der Waals surface area contributed by atoms with Crippen LogP contribution in [-0.4, -0.2) is 70.7 Å². The number of hydrogen-bond acceptors (Lipinski definition) is 7. The van der Waals surface area contributed by atoms with Crippen molar-refractivity contribution >= 4 is 13.8 Å². The summed E-state index contributed by atoms with van der Waals surface area (Å²) < 4.78 is 34.7. The molecule has 0 amide bonds. The molecule has 352 valence electrons. The van der Waals surface area contributed by atoms with E-state index < -0.39 is 13.9 Å². The number of ether oxygens (including phenoxy) is 2. The van der Waals surface area contributed by atoms with Crippen molar-refractivity contribution in [2.24, 2.45) is 0 Å². The highest BCUT2D eigenvalue weighted by Gasteiger charge is 2.20. The molecule has 0 heterocycles. The minimum atomic E-state index is -4.52. The number of phosphoric ester groups is 1. The molecular formula is C50H100NO7P. The van der Waals surface area contributed by atoms with E-state index in [0.717, 1.165) is 32.1 Å². The molecule has 59 heavy (non-hydrogen) atoms. The van der Waals surface area contributed by atoms with Crippen LogP contribution in [0.25, 0.3) is 0 Å². The fraction of sp³-hybridized carbons (Fsp3) is 0.940. The van der Waals surface area contributed by atoms with Gasteiger partial charge in [0.25, 0.3) is 7.82 Å². The fourth-order valence-corrected chi connectivity index (χ4v) is 8.10. The Morgan fingerprint density at radius 3 is 1.29 bits per heavy atom. The van der Waals surface area contributed by atoms with E-state index in [4.69, 9.17) is 18.5 Å². The first-order valence-electron chi connectivity index (χ1n) is 25.4. The standard InChI is InChI=1S/C50H100NO7P/c1-6-8-10-12-14-16-18-20-22-24-26-27-29-31-33-35-37-39-41-43-50(52)58-49(48-57-59(53,54)56-46-44-51(3,4)5)47-55-45-42-40-38-36-34-32-30-28-25-23-21-19-17-15-13-11-9-7-2/h21,23,49H,6-20,22,24-48H2,1-5H3/b23-21-. The molecule has 0 rings (SSSR count). The van der Waals surface area contributed by atoms with E-state index in [-0.39, 0.29) is 25.8 Å². The number of likely N-dealkylation sites (N-methyl/N-ethyl adjacent to an activating group) is 1. The summed E-state index contributed by atoms with van der Waals surface area (Å²) >= 11 is 0. The molecule has 0 aliphatic carbocycles. The predicted octanol–water partition coefficient (Wildman–Crippen LogP) is 14.8. The lowest BCUT2D eigenvalue weighted by atomic mass is 10.0. The van der Waals surface area contributed by atoms with Crippen LogP contribution in [-0.2, 0) is 27.9 Å². The minimum absolute atomic E-state index is 0.0291. The Kier molecular flexibility index (Phi) is 43.3. The minimum Gasteiger partial charge on any atom is -0.756 e. The number of allylic oxidation sites excluding steroid dienone is 2. The van der Waals surface area contributed by atoms with Crippen LogP contribution in [0.4, 0.5) is 0 Å². The summed E-state index contributed by atoms with van der Waals surface area (Å²) in [7, 11) is 1.37. The van der Waals surface area contributed by atoms with Crippen LogP contribution in [0.1, 0.15) is 245 Å². The number of esters is 1. The molecule has 0 aromatic heterocycles. The predicted molar refractivity (Wildman–Crippen MR) is 250 cm³/mol. The Bertz CT molecular complexity index is 956. The molecule has 2 atom stereocenters. The van der Waals surface area contributed by atoms with E-state index in [1.807, 2.05) is 21.1 Å². The van der Waals surface area contributed by atoms with Gasteiger partial charge in [-0.25, -0.2) is 0 Å². The zero-order chi connectivity index (χ0) is 43.4. The van der Waals surface area contributed by atoms with Crippen molar-refractivity contribution in [2.45, 2.75) is 251 Å². The van der Waals surface area contributed by atoms with Crippen molar-refractivity contribution in [2.75, 3.05) is 54.1 Å². The van der Waals surface area contributed by atoms with Gasteiger partial charge in [0, 0.05) is 13.0 Å². The normalized spacial score (nSPS) is 13.7. The van der Waals surface area contributed by atoms with Crippen LogP contribution in [0, 0.1) is 0 Å². The Hall–Kier alpha value is -0.760. The van der Waals surface area contributed by atoms with Crippen LogP contribution in [0.3, 0.4) is 0 Å². The summed E-state index contributed by atoms with van der Waals surface area (Å²) in [4.78, 5) is 25.2. The molecule has 0 spiro atoms. The number of nitrogens with zero attached hydrogens (tertiary/aromatic N) is 1. The summed E-state index contributed by atoms with van der Waals surface area (Å²) in [5.74, 6) is -0.329. The second-order valence-corrected chi connectivity index (χ2v) is 19.9. The second-order valence-electron chi connectivity index (χ2n) is 18.5. The first kappa shape index (κ1) is 58.2. The van der Waals surface area contributed by atoms with Gasteiger partial charge in [-0.15, -0.1) is 0 Å². The number of hydrogen-bond donors (Lipinski definition) is 0. The molecule has 0 radical (unpaired) electrons. The number of rotatable bonds is 48. The van der Waals surface area contributed by atoms with Crippen LogP contribution in [0.2, 0.25) is 0 Å². The first-order valence-corrected chi connectivity index (χ1v) is 26.9. The van der Waals surface area contributed by atoms with Gasteiger partial charge in [-0.3, -0.25) is 9.36 Å². The summed E-state index contributed by atoms with van der Waals surface area (Å²) in [5.41, 5.74) is 0. The highest BCUT2D eigenvalue weighted by Crippen LogP contribution is 2.38. The Morgan fingerprint density at radius 1 is 0.508 bits per heavy atom. The maximum absolute atomic E-state index is 12.7. The van der Waals surface area contributed by atoms with Gasteiger partial charge in [-0.2, -0.15) is 0 Å². The Labute approximate surface area is 367 Å². The lowest BCUT2D eigenvalue weighted by Crippen LogP contribution is -2.37. The SMILES string of the molecule is CCCCCCCC/C=C\CCCCCCCCCCOCC(COP(=O)([O-])OCC[N+](C)(C)C)OC(=O)CCCCCCCCCCCCCCCCCCCCC. The van der Waals surface area contributed by atoms with Crippen LogP contribution in [0.5, 0.6) is 0 Å². The van der Waals surface area contributed by atoms with E-state index >= 15 is 0 Å². The molecular weight excluding hydrogens is 758 g/mol. The fourth-order valence-electron chi connectivity index (χ4n) is 7.37. The molecule has 8 nitrogen and oxygen atoms in total. The molecule has 0 fully saturated rings. The molecule has 0 aromatic rings. The quantitative estimate of drug-likeness (QED) is 0.0198. The highest BCUT2D eigenvalue weighted by atomic mass is 31.2. The Balaban J connectivity index is 4.12. The summed E-state index contributed by atoms with van der Waals surface area (Å²) in [5, 5.41) is 0. The Morgan fingerprint density at radius 2 is 0.881 bits per heavy atom. The lowest BCUT2D eigenvalue weighted by molar-refractivity contribution is -0.870. The van der Waals surface area contributed by atoms with Gasteiger partial charge in [-0.1, -0.05) is 212 Å². The van der Waals surface area contributed by atoms with Crippen LogP contribution < -0.4 is 4.89 Å². The summed E-state index contributed by atoms with van der Waals surface area (Å²) in [6, 6.07) is 0. The number of unbranched alkanes of at least 4 members (excludes halogenated alkanes) is 32. The van der Waals surface area contributed by atoms with E-state index in [2.05, 4.69) is 26.0 Å². The largest absolute Gasteiger partial charge is 0.756 e. The topological polar surface area (TPSA) is 94.1 Å². The smallest absolute Gasteiger partial charge is 0.306 e. The maximum Gasteiger partial charge on any atom is 0.306 e. The zero-order valence-corrected chi connectivity index (χ0v) is 40.9. The molecule has 0 saturated heterocycles. The third-order valence-corrected chi connectivity index (χ3v) is 12.3. The second kappa shape index (κ2) is 43.9. The first-order chi connectivity index (χ1) is 28.6. The molecule has 0 aliphatic heterocycles. The molecule has 9 heteroatoms. The van der Waals surface area contributed by atoms with Gasteiger partial charge < -0.3 is 27.9 Å². The van der Waals surface area contributed by atoms with Crippen molar-refractivity contribution in [3.63, 3.8) is 0 Å². The third kappa shape index (κ3) is 48.1. The molecule has 0 aromatic carbocycles. The average molecular weight is 858 g/mol. The lowest BCUT2D eigenvalue weighted by Gasteiger charge is -2.28. The summed E-state index contributed by atoms with van der Waals surface area (Å²) in [6.07, 6.45) is 49.4. The van der Waals surface area contributed by atoms with Gasteiger partial charge in [0.15, 0.2) is 0 Å². The molecule has 2 unspecified atom stereocenters. The molecule has 0 bridgehead atoms. The van der Waals surface area contributed by atoms with Gasteiger partial charge in [-0.05, 0) is 38.5 Å². The third-order valence-electron chi connectivity index (χ3n) is 11.3. The van der Waals surface area contributed by atoms with Crippen molar-refractivity contribution in [1.29, 1.82) is 0 Å². The van der Waals surface area contributed by atoms with Crippen molar-refractivity contribution in [3.05, 3.63) is 12.2 Å².